The number of aromatic nitrogens is 1. The molecule has 0 saturated heterocycles. The van der Waals surface area contributed by atoms with E-state index in [0.29, 0.717) is 17.1 Å². The van der Waals surface area contributed by atoms with Gasteiger partial charge in [-0.15, -0.1) is 0 Å². The van der Waals surface area contributed by atoms with E-state index in [1.165, 1.54) is 16.3 Å². The lowest BCUT2D eigenvalue weighted by Crippen LogP contribution is -2.11. The van der Waals surface area contributed by atoms with Crippen molar-refractivity contribution in [2.24, 2.45) is 5.73 Å². The SMILES string of the molecule is NC(=O)c1cccc2c1c1[c]cc(Cl)cc1n2Cc1ccc2ccccc2c1. The van der Waals surface area contributed by atoms with Gasteiger partial charge in [0.2, 0.25) is 5.91 Å². The van der Waals surface area contributed by atoms with Crippen LogP contribution in [0.1, 0.15) is 15.9 Å². The Bertz CT molecular complexity index is 1380. The van der Waals surface area contributed by atoms with Crippen LogP contribution in [-0.4, -0.2) is 10.5 Å². The van der Waals surface area contributed by atoms with Gasteiger partial charge in [0.05, 0.1) is 11.0 Å². The number of halogens is 1. The van der Waals surface area contributed by atoms with Crippen molar-refractivity contribution in [3.8, 4) is 0 Å². The van der Waals surface area contributed by atoms with E-state index < -0.39 is 5.91 Å². The Balaban J connectivity index is 1.78. The summed E-state index contributed by atoms with van der Waals surface area (Å²) in [6, 6.07) is 27.2. The van der Waals surface area contributed by atoms with Crippen molar-refractivity contribution in [1.29, 1.82) is 0 Å². The molecule has 2 N–H and O–H groups in total. The molecule has 0 atom stereocenters. The van der Waals surface area contributed by atoms with Crippen LogP contribution in [0.5, 0.6) is 0 Å². The summed E-state index contributed by atoms with van der Waals surface area (Å²) in [4.78, 5) is 12.0. The predicted molar refractivity (Wildman–Crippen MR) is 115 cm³/mol. The molecule has 0 aliphatic carbocycles. The normalized spacial score (nSPS) is 11.5. The van der Waals surface area contributed by atoms with E-state index in [-0.39, 0.29) is 0 Å². The zero-order chi connectivity index (χ0) is 19.3. The van der Waals surface area contributed by atoms with E-state index in [2.05, 4.69) is 41.0 Å². The number of nitrogens with zero attached hydrogens (tertiary/aromatic N) is 1. The third-order valence-electron chi connectivity index (χ3n) is 5.18. The summed E-state index contributed by atoms with van der Waals surface area (Å²) in [5.41, 5.74) is 9.18. The van der Waals surface area contributed by atoms with Crippen LogP contribution >= 0.6 is 11.6 Å². The molecule has 5 aromatic rings. The van der Waals surface area contributed by atoms with Gasteiger partial charge in [-0.2, -0.15) is 0 Å². The van der Waals surface area contributed by atoms with Gasteiger partial charge in [-0.25, -0.2) is 0 Å². The molecule has 28 heavy (non-hydrogen) atoms. The Labute approximate surface area is 166 Å². The first-order valence-electron chi connectivity index (χ1n) is 9.01. The Hall–Kier alpha value is -3.30. The van der Waals surface area contributed by atoms with Crippen molar-refractivity contribution in [3.05, 3.63) is 95.0 Å². The fourth-order valence-electron chi connectivity index (χ4n) is 3.93. The molecule has 1 amide bonds. The fraction of sp³-hybridized carbons (Fsp3) is 0.0417. The summed E-state index contributed by atoms with van der Waals surface area (Å²) in [6.45, 7) is 0.654. The number of fused-ring (bicyclic) bond motifs is 4. The molecule has 0 saturated carbocycles. The summed E-state index contributed by atoms with van der Waals surface area (Å²) in [6.07, 6.45) is 0. The molecule has 0 bridgehead atoms. The first kappa shape index (κ1) is 16.8. The van der Waals surface area contributed by atoms with Crippen LogP contribution in [0, 0.1) is 6.07 Å². The molecule has 5 rings (SSSR count). The molecule has 0 spiro atoms. The van der Waals surface area contributed by atoms with Crippen LogP contribution in [-0.2, 0) is 6.54 Å². The lowest BCUT2D eigenvalue weighted by atomic mass is 10.1. The van der Waals surface area contributed by atoms with Gasteiger partial charge in [0, 0.05) is 27.9 Å². The summed E-state index contributed by atoms with van der Waals surface area (Å²) in [5.74, 6) is -0.446. The molecule has 0 fully saturated rings. The second-order valence-corrected chi connectivity index (χ2v) is 7.35. The van der Waals surface area contributed by atoms with E-state index in [4.69, 9.17) is 17.3 Å². The largest absolute Gasteiger partial charge is 0.366 e. The summed E-state index contributed by atoms with van der Waals surface area (Å²) in [7, 11) is 0. The van der Waals surface area contributed by atoms with Gasteiger partial charge < -0.3 is 10.3 Å². The summed E-state index contributed by atoms with van der Waals surface area (Å²) < 4.78 is 2.17. The maximum atomic E-state index is 12.0. The Morgan fingerprint density at radius 1 is 0.964 bits per heavy atom. The molecular weight excluding hydrogens is 368 g/mol. The molecule has 1 radical (unpaired) electrons. The topological polar surface area (TPSA) is 48.0 Å². The number of carbonyl (C=O) groups excluding carboxylic acids is 1. The third kappa shape index (κ3) is 2.63. The van der Waals surface area contributed by atoms with Crippen molar-refractivity contribution < 1.29 is 4.79 Å². The smallest absolute Gasteiger partial charge is 0.249 e. The number of amides is 1. The van der Waals surface area contributed by atoms with Gasteiger partial charge in [-0.3, -0.25) is 4.79 Å². The van der Waals surface area contributed by atoms with Crippen LogP contribution in [0.25, 0.3) is 32.6 Å². The second kappa shape index (κ2) is 6.39. The van der Waals surface area contributed by atoms with Crippen molar-refractivity contribution in [1.82, 2.24) is 4.57 Å². The number of nitrogens with two attached hydrogens (primary N) is 1. The second-order valence-electron chi connectivity index (χ2n) is 6.91. The zero-order valence-corrected chi connectivity index (χ0v) is 15.7. The quantitative estimate of drug-likeness (QED) is 0.436. The van der Waals surface area contributed by atoms with Crippen LogP contribution in [0.4, 0.5) is 0 Å². The van der Waals surface area contributed by atoms with E-state index in [0.717, 1.165) is 21.8 Å². The molecule has 0 unspecified atom stereocenters. The lowest BCUT2D eigenvalue weighted by molar-refractivity contribution is 0.100. The monoisotopic (exact) mass is 383 g/mol. The molecule has 4 aromatic carbocycles. The highest BCUT2D eigenvalue weighted by Gasteiger charge is 2.17. The summed E-state index contributed by atoms with van der Waals surface area (Å²) in [5, 5.41) is 4.69. The summed E-state index contributed by atoms with van der Waals surface area (Å²) >= 11 is 6.27. The Kier molecular flexibility index (Phi) is 3.85. The Morgan fingerprint density at radius 2 is 1.79 bits per heavy atom. The van der Waals surface area contributed by atoms with E-state index in [1.54, 1.807) is 12.1 Å². The van der Waals surface area contributed by atoms with Crippen LogP contribution in [0.2, 0.25) is 5.02 Å². The van der Waals surface area contributed by atoms with Crippen molar-refractivity contribution in [3.63, 3.8) is 0 Å². The number of rotatable bonds is 3. The maximum Gasteiger partial charge on any atom is 0.249 e. The molecule has 135 valence electrons. The van der Waals surface area contributed by atoms with Gasteiger partial charge >= 0.3 is 0 Å². The highest BCUT2D eigenvalue weighted by molar-refractivity contribution is 6.31. The number of benzene rings is 4. The van der Waals surface area contributed by atoms with Crippen molar-refractivity contribution in [2.75, 3.05) is 0 Å². The molecule has 4 heteroatoms. The molecule has 3 nitrogen and oxygen atoms in total. The Morgan fingerprint density at radius 3 is 2.61 bits per heavy atom. The van der Waals surface area contributed by atoms with E-state index in [9.17, 15) is 4.79 Å². The van der Waals surface area contributed by atoms with Gasteiger partial charge in [0.15, 0.2) is 0 Å². The fourth-order valence-corrected chi connectivity index (χ4v) is 4.08. The van der Waals surface area contributed by atoms with Gasteiger partial charge in [0.1, 0.15) is 0 Å². The van der Waals surface area contributed by atoms with Crippen LogP contribution in [0.15, 0.2) is 72.8 Å². The molecule has 0 aliphatic rings. The molecule has 0 aliphatic heterocycles. The van der Waals surface area contributed by atoms with Crippen molar-refractivity contribution in [2.45, 2.75) is 6.54 Å². The van der Waals surface area contributed by atoms with Gasteiger partial charge in [-0.1, -0.05) is 54.1 Å². The number of carbonyl (C=O) groups is 1. The van der Waals surface area contributed by atoms with E-state index in [1.807, 2.05) is 30.3 Å². The van der Waals surface area contributed by atoms with E-state index >= 15 is 0 Å². The first-order chi connectivity index (χ1) is 13.6. The average molecular weight is 384 g/mol. The highest BCUT2D eigenvalue weighted by Crippen LogP contribution is 2.33. The molecule has 1 heterocycles. The number of hydrogen-bond donors (Lipinski definition) is 1. The predicted octanol–water partition coefficient (Wildman–Crippen LogP) is 5.55. The zero-order valence-electron chi connectivity index (χ0n) is 14.9. The van der Waals surface area contributed by atoms with Crippen LogP contribution < -0.4 is 5.73 Å². The number of primary amides is 1. The number of hydrogen-bond acceptors (Lipinski definition) is 1. The van der Waals surface area contributed by atoms with Gasteiger partial charge in [-0.05, 0) is 52.7 Å². The van der Waals surface area contributed by atoms with Crippen molar-refractivity contribution >= 4 is 50.1 Å². The van der Waals surface area contributed by atoms with Crippen LogP contribution in [0.3, 0.4) is 0 Å². The minimum Gasteiger partial charge on any atom is -0.366 e. The highest BCUT2D eigenvalue weighted by atomic mass is 35.5. The minimum absolute atomic E-state index is 0.446. The average Bonchev–Trinajstić information content (AvgIpc) is 3.01. The van der Waals surface area contributed by atoms with Gasteiger partial charge in [0.25, 0.3) is 0 Å². The lowest BCUT2D eigenvalue weighted by Gasteiger charge is -2.09. The maximum absolute atomic E-state index is 12.0. The molecular formula is C24H16ClN2O. The standard InChI is InChI=1S/C24H16ClN2O/c25-18-10-11-19-22(13-18)27(21-7-3-6-20(23(19)21)24(26)28)14-15-8-9-16-4-1-2-5-17(16)12-15/h1-10,12-13H,14H2,(H2,26,28). The molecule has 1 aromatic heterocycles. The minimum atomic E-state index is -0.446. The first-order valence-corrected chi connectivity index (χ1v) is 9.39. The third-order valence-corrected chi connectivity index (χ3v) is 5.40.